The summed E-state index contributed by atoms with van der Waals surface area (Å²) in [6.07, 6.45) is 0.628. The molecule has 0 fully saturated rings. The smallest absolute Gasteiger partial charge is 0.344 e. The van der Waals surface area contributed by atoms with Gasteiger partial charge in [-0.25, -0.2) is 4.79 Å². The summed E-state index contributed by atoms with van der Waals surface area (Å²) in [5, 5.41) is 9.48. The number of aliphatic carboxylic acids is 1. The molecule has 0 amide bonds. The SMILES string of the molecule is C[C@@H](Oc1ccc2c(c1)OC(=Cc1ccc(Cl)cc1)C2=O)C(=O)O. The molecule has 2 aromatic carbocycles. The van der Waals surface area contributed by atoms with Gasteiger partial charge >= 0.3 is 5.97 Å². The Kier molecular flexibility index (Phi) is 4.27. The van der Waals surface area contributed by atoms with E-state index in [4.69, 9.17) is 26.2 Å². The first kappa shape index (κ1) is 16.1. The van der Waals surface area contributed by atoms with Crippen LogP contribution in [0.15, 0.2) is 48.2 Å². The fourth-order valence-corrected chi connectivity index (χ4v) is 2.33. The number of carboxylic acid groups (broad SMARTS) is 1. The van der Waals surface area contributed by atoms with E-state index in [1.54, 1.807) is 42.5 Å². The summed E-state index contributed by atoms with van der Waals surface area (Å²) in [5.74, 6) is -0.455. The van der Waals surface area contributed by atoms with Gasteiger partial charge in [-0.1, -0.05) is 23.7 Å². The van der Waals surface area contributed by atoms with Crippen LogP contribution in [0.3, 0.4) is 0 Å². The Morgan fingerprint density at radius 3 is 2.62 bits per heavy atom. The van der Waals surface area contributed by atoms with Crippen LogP contribution < -0.4 is 9.47 Å². The lowest BCUT2D eigenvalue weighted by atomic mass is 10.1. The molecule has 5 nitrogen and oxygen atoms in total. The molecule has 1 N–H and O–H groups in total. The largest absolute Gasteiger partial charge is 0.479 e. The summed E-state index contributed by atoms with van der Waals surface area (Å²) in [5.41, 5.74) is 1.19. The topological polar surface area (TPSA) is 72.8 Å². The number of fused-ring (bicyclic) bond motifs is 1. The standard InChI is InChI=1S/C18H13ClO5/c1-10(18(21)22)23-13-6-7-14-15(9-13)24-16(17(14)20)8-11-2-4-12(19)5-3-11/h2-10H,1H3,(H,21,22)/t10-/m1/s1. The lowest BCUT2D eigenvalue weighted by Gasteiger charge is -2.10. The number of rotatable bonds is 4. The number of benzene rings is 2. The second-order valence-corrected chi connectivity index (χ2v) is 5.68. The molecule has 1 atom stereocenters. The van der Waals surface area contributed by atoms with Crippen molar-refractivity contribution in [1.82, 2.24) is 0 Å². The molecule has 0 saturated carbocycles. The highest BCUT2D eigenvalue weighted by Gasteiger charge is 2.28. The maximum absolute atomic E-state index is 12.4. The number of allylic oxidation sites excluding steroid dienone is 1. The van der Waals surface area contributed by atoms with Crippen molar-refractivity contribution in [2.45, 2.75) is 13.0 Å². The first-order chi connectivity index (χ1) is 11.4. The molecule has 0 saturated heterocycles. The second kappa shape index (κ2) is 6.37. The van der Waals surface area contributed by atoms with E-state index in [1.807, 2.05) is 0 Å². The summed E-state index contributed by atoms with van der Waals surface area (Å²) in [6, 6.07) is 11.6. The Morgan fingerprint density at radius 2 is 1.96 bits per heavy atom. The van der Waals surface area contributed by atoms with E-state index < -0.39 is 12.1 Å². The summed E-state index contributed by atoms with van der Waals surface area (Å²) in [4.78, 5) is 23.2. The van der Waals surface area contributed by atoms with Gasteiger partial charge < -0.3 is 14.6 Å². The lowest BCUT2D eigenvalue weighted by Crippen LogP contribution is -2.22. The van der Waals surface area contributed by atoms with E-state index in [2.05, 4.69) is 0 Å². The number of ketones is 1. The van der Waals surface area contributed by atoms with Gasteiger partial charge in [0.25, 0.3) is 0 Å². The van der Waals surface area contributed by atoms with E-state index >= 15 is 0 Å². The molecule has 2 aromatic rings. The van der Waals surface area contributed by atoms with Crippen LogP contribution in [0.25, 0.3) is 6.08 Å². The number of carbonyl (C=O) groups excluding carboxylic acids is 1. The molecule has 122 valence electrons. The van der Waals surface area contributed by atoms with Crippen molar-refractivity contribution in [2.24, 2.45) is 0 Å². The van der Waals surface area contributed by atoms with Gasteiger partial charge in [0.05, 0.1) is 5.56 Å². The highest BCUT2D eigenvalue weighted by atomic mass is 35.5. The molecular formula is C18H13ClO5. The predicted octanol–water partition coefficient (Wildman–Crippen LogP) is 3.81. The van der Waals surface area contributed by atoms with Crippen LogP contribution in [-0.4, -0.2) is 23.0 Å². The van der Waals surface area contributed by atoms with Crippen LogP contribution in [0.2, 0.25) is 5.02 Å². The predicted molar refractivity (Wildman–Crippen MR) is 88.6 cm³/mol. The van der Waals surface area contributed by atoms with Crippen molar-refractivity contribution in [1.29, 1.82) is 0 Å². The molecule has 24 heavy (non-hydrogen) atoms. The van der Waals surface area contributed by atoms with Crippen molar-refractivity contribution >= 4 is 29.4 Å². The molecule has 0 aliphatic carbocycles. The van der Waals surface area contributed by atoms with Gasteiger partial charge in [0.15, 0.2) is 11.9 Å². The Balaban J connectivity index is 1.84. The van der Waals surface area contributed by atoms with E-state index in [1.165, 1.54) is 13.0 Å². The van der Waals surface area contributed by atoms with Crippen molar-refractivity contribution in [3.63, 3.8) is 0 Å². The lowest BCUT2D eigenvalue weighted by molar-refractivity contribution is -0.144. The van der Waals surface area contributed by atoms with Gasteiger partial charge in [0, 0.05) is 11.1 Å². The minimum atomic E-state index is -1.07. The Morgan fingerprint density at radius 1 is 1.25 bits per heavy atom. The number of hydrogen-bond acceptors (Lipinski definition) is 4. The molecule has 3 rings (SSSR count). The fraction of sp³-hybridized carbons (Fsp3) is 0.111. The molecule has 0 spiro atoms. The average Bonchev–Trinajstić information content (AvgIpc) is 2.85. The quantitative estimate of drug-likeness (QED) is 0.854. The molecule has 0 radical (unpaired) electrons. The maximum Gasteiger partial charge on any atom is 0.344 e. The van der Waals surface area contributed by atoms with E-state index in [0.717, 1.165) is 5.56 Å². The summed E-state index contributed by atoms with van der Waals surface area (Å²) < 4.78 is 10.9. The third-order valence-corrected chi connectivity index (χ3v) is 3.72. The first-order valence-corrected chi connectivity index (χ1v) is 7.55. The fourth-order valence-electron chi connectivity index (χ4n) is 2.21. The zero-order valence-electron chi connectivity index (χ0n) is 12.7. The minimum Gasteiger partial charge on any atom is -0.479 e. The number of carboxylic acids is 1. The Labute approximate surface area is 143 Å². The van der Waals surface area contributed by atoms with Crippen molar-refractivity contribution < 1.29 is 24.2 Å². The van der Waals surface area contributed by atoms with Gasteiger partial charge in [-0.3, -0.25) is 4.79 Å². The average molecular weight is 345 g/mol. The second-order valence-electron chi connectivity index (χ2n) is 5.25. The highest BCUT2D eigenvalue weighted by molar-refractivity contribution is 6.30. The monoisotopic (exact) mass is 344 g/mol. The van der Waals surface area contributed by atoms with Crippen molar-refractivity contribution in [3.8, 4) is 11.5 Å². The third-order valence-electron chi connectivity index (χ3n) is 3.47. The molecule has 0 unspecified atom stereocenters. The van der Waals surface area contributed by atoms with Gasteiger partial charge in [0.1, 0.15) is 11.5 Å². The molecule has 1 aliphatic rings. The molecule has 0 bridgehead atoms. The van der Waals surface area contributed by atoms with E-state index in [0.29, 0.717) is 22.1 Å². The summed E-state index contributed by atoms with van der Waals surface area (Å²) >= 11 is 5.84. The molecule has 0 aromatic heterocycles. The Bertz CT molecular complexity index is 839. The van der Waals surface area contributed by atoms with Crippen LogP contribution in [0.4, 0.5) is 0 Å². The number of hydrogen-bond donors (Lipinski definition) is 1. The first-order valence-electron chi connectivity index (χ1n) is 7.17. The van der Waals surface area contributed by atoms with E-state index in [9.17, 15) is 9.59 Å². The number of carbonyl (C=O) groups is 2. The highest BCUT2D eigenvalue weighted by Crippen LogP contribution is 2.35. The molecule has 1 aliphatic heterocycles. The third kappa shape index (κ3) is 3.26. The molecular weight excluding hydrogens is 332 g/mol. The zero-order valence-corrected chi connectivity index (χ0v) is 13.4. The number of Topliss-reactive ketones (excluding diaryl/α,β-unsaturated/α-hetero) is 1. The molecule has 1 heterocycles. The van der Waals surface area contributed by atoms with Crippen LogP contribution >= 0.6 is 11.6 Å². The summed E-state index contributed by atoms with van der Waals surface area (Å²) in [6.45, 7) is 1.42. The normalized spacial score (nSPS) is 15.8. The number of ether oxygens (including phenoxy) is 2. The van der Waals surface area contributed by atoms with Crippen LogP contribution in [0.1, 0.15) is 22.8 Å². The van der Waals surface area contributed by atoms with Crippen molar-refractivity contribution in [2.75, 3.05) is 0 Å². The van der Waals surface area contributed by atoms with Crippen LogP contribution in [-0.2, 0) is 4.79 Å². The van der Waals surface area contributed by atoms with Gasteiger partial charge in [-0.15, -0.1) is 0 Å². The van der Waals surface area contributed by atoms with E-state index in [-0.39, 0.29) is 11.5 Å². The summed E-state index contributed by atoms with van der Waals surface area (Å²) in [7, 11) is 0. The Hall–Kier alpha value is -2.79. The van der Waals surface area contributed by atoms with Crippen LogP contribution in [0, 0.1) is 0 Å². The molecule has 6 heteroatoms. The van der Waals surface area contributed by atoms with Crippen molar-refractivity contribution in [3.05, 3.63) is 64.4 Å². The number of halogens is 1. The zero-order chi connectivity index (χ0) is 17.3. The maximum atomic E-state index is 12.4. The van der Waals surface area contributed by atoms with Gasteiger partial charge in [-0.05, 0) is 42.8 Å². The minimum absolute atomic E-state index is 0.191. The van der Waals surface area contributed by atoms with Crippen LogP contribution in [0.5, 0.6) is 11.5 Å². The van der Waals surface area contributed by atoms with Gasteiger partial charge in [0.2, 0.25) is 5.78 Å². The van der Waals surface area contributed by atoms with Gasteiger partial charge in [-0.2, -0.15) is 0 Å².